The lowest BCUT2D eigenvalue weighted by molar-refractivity contribution is -0.384. The number of carbonyl (C=O) groups excluding carboxylic acids is 2. The zero-order chi connectivity index (χ0) is 25.0. The molecule has 34 heavy (non-hydrogen) atoms. The smallest absolute Gasteiger partial charge is 0.270 e. The number of nitrogens with zero attached hydrogens (tertiary/aromatic N) is 2. The molecule has 0 saturated heterocycles. The fourth-order valence-electron chi connectivity index (χ4n) is 4.63. The van der Waals surface area contributed by atoms with Gasteiger partial charge in [-0.05, 0) is 42.5 Å². The SMILES string of the molecule is CCCN1C(=O)c2cc([N+](=O)[O-])ccc2C1(CC(C)C)C(=O)NCc1ccc(OC)c(OC)c1. The molecule has 9 nitrogen and oxygen atoms in total. The Bertz CT molecular complexity index is 1100. The largest absolute Gasteiger partial charge is 0.493 e. The van der Waals surface area contributed by atoms with Gasteiger partial charge >= 0.3 is 0 Å². The van der Waals surface area contributed by atoms with Crippen LogP contribution in [0.25, 0.3) is 0 Å². The number of nitrogens with one attached hydrogen (secondary N) is 1. The van der Waals surface area contributed by atoms with Crippen molar-refractivity contribution in [1.29, 1.82) is 0 Å². The molecule has 182 valence electrons. The van der Waals surface area contributed by atoms with Crippen molar-refractivity contribution in [3.05, 3.63) is 63.2 Å². The van der Waals surface area contributed by atoms with E-state index < -0.39 is 10.5 Å². The van der Waals surface area contributed by atoms with Gasteiger partial charge in [0.2, 0.25) is 0 Å². The molecule has 2 aromatic carbocycles. The first-order chi connectivity index (χ1) is 16.2. The summed E-state index contributed by atoms with van der Waals surface area (Å²) in [4.78, 5) is 39.6. The Kier molecular flexibility index (Phi) is 7.44. The molecule has 1 unspecified atom stereocenters. The van der Waals surface area contributed by atoms with Crippen LogP contribution in [0.2, 0.25) is 0 Å². The van der Waals surface area contributed by atoms with E-state index >= 15 is 0 Å². The monoisotopic (exact) mass is 469 g/mol. The molecule has 2 amide bonds. The quantitative estimate of drug-likeness (QED) is 0.415. The Morgan fingerprint density at radius 1 is 1.15 bits per heavy atom. The van der Waals surface area contributed by atoms with Gasteiger partial charge in [0.1, 0.15) is 5.54 Å². The number of non-ortho nitro benzene ring substituents is 1. The summed E-state index contributed by atoms with van der Waals surface area (Å²) in [6.07, 6.45) is 1.03. The fraction of sp³-hybridized carbons (Fsp3) is 0.440. The van der Waals surface area contributed by atoms with Gasteiger partial charge in [-0.15, -0.1) is 0 Å². The molecule has 0 saturated carbocycles. The average molecular weight is 470 g/mol. The normalized spacial score (nSPS) is 17.0. The summed E-state index contributed by atoms with van der Waals surface area (Å²) >= 11 is 0. The first kappa shape index (κ1) is 25.0. The topological polar surface area (TPSA) is 111 Å². The number of nitro groups is 1. The number of ether oxygens (including phenoxy) is 2. The van der Waals surface area contributed by atoms with E-state index in [0.29, 0.717) is 36.4 Å². The molecular weight excluding hydrogens is 438 g/mol. The molecule has 0 radical (unpaired) electrons. The third-order valence-electron chi connectivity index (χ3n) is 6.02. The first-order valence-corrected chi connectivity index (χ1v) is 11.3. The van der Waals surface area contributed by atoms with Gasteiger partial charge in [-0.25, -0.2) is 0 Å². The minimum Gasteiger partial charge on any atom is -0.493 e. The Labute approximate surface area is 199 Å². The van der Waals surface area contributed by atoms with Gasteiger partial charge in [0, 0.05) is 30.8 Å². The molecular formula is C25H31N3O6. The van der Waals surface area contributed by atoms with Crippen molar-refractivity contribution >= 4 is 17.5 Å². The number of carbonyl (C=O) groups is 2. The van der Waals surface area contributed by atoms with E-state index in [2.05, 4.69) is 5.32 Å². The number of amides is 2. The zero-order valence-corrected chi connectivity index (χ0v) is 20.2. The maximum Gasteiger partial charge on any atom is 0.270 e. The van der Waals surface area contributed by atoms with Gasteiger partial charge in [0.05, 0.1) is 24.7 Å². The molecule has 0 bridgehead atoms. The number of nitro benzene ring substituents is 1. The van der Waals surface area contributed by atoms with Gasteiger partial charge < -0.3 is 19.7 Å². The molecule has 1 aliphatic rings. The highest BCUT2D eigenvalue weighted by molar-refractivity contribution is 6.07. The highest BCUT2D eigenvalue weighted by atomic mass is 16.6. The summed E-state index contributed by atoms with van der Waals surface area (Å²) in [6.45, 7) is 6.48. The van der Waals surface area contributed by atoms with Crippen LogP contribution in [0.4, 0.5) is 5.69 Å². The van der Waals surface area contributed by atoms with Crippen LogP contribution in [-0.4, -0.2) is 42.4 Å². The lowest BCUT2D eigenvalue weighted by Gasteiger charge is -2.39. The lowest BCUT2D eigenvalue weighted by Crippen LogP contribution is -2.55. The average Bonchev–Trinajstić information content (AvgIpc) is 3.05. The van der Waals surface area contributed by atoms with E-state index in [1.165, 1.54) is 12.1 Å². The summed E-state index contributed by atoms with van der Waals surface area (Å²) in [6, 6.07) is 9.58. The number of methoxy groups -OCH3 is 2. The molecule has 0 fully saturated rings. The molecule has 0 aliphatic carbocycles. The molecule has 1 atom stereocenters. The van der Waals surface area contributed by atoms with Gasteiger partial charge in [-0.1, -0.05) is 26.8 Å². The molecule has 2 aromatic rings. The Balaban J connectivity index is 2.03. The molecule has 0 spiro atoms. The van der Waals surface area contributed by atoms with Crippen LogP contribution in [0.5, 0.6) is 11.5 Å². The Morgan fingerprint density at radius 2 is 1.85 bits per heavy atom. The van der Waals surface area contributed by atoms with Crippen LogP contribution in [0, 0.1) is 16.0 Å². The molecule has 3 rings (SSSR count). The van der Waals surface area contributed by atoms with Crippen molar-refractivity contribution in [1.82, 2.24) is 10.2 Å². The minimum absolute atomic E-state index is 0.0835. The highest BCUT2D eigenvalue weighted by Gasteiger charge is 2.55. The summed E-state index contributed by atoms with van der Waals surface area (Å²) in [5.74, 6) is 0.542. The summed E-state index contributed by atoms with van der Waals surface area (Å²) in [7, 11) is 3.09. The van der Waals surface area contributed by atoms with Crippen molar-refractivity contribution < 1.29 is 24.0 Å². The maximum absolute atomic E-state index is 13.9. The van der Waals surface area contributed by atoms with Gasteiger partial charge in [0.15, 0.2) is 11.5 Å². The van der Waals surface area contributed by atoms with E-state index in [4.69, 9.17) is 9.47 Å². The standard InChI is InChI=1S/C25H31N3O6/c1-6-11-27-23(29)19-13-18(28(31)32)8-9-20(19)25(27,14-16(2)3)24(30)26-15-17-7-10-21(33-4)22(12-17)34-5/h7-10,12-13,16H,6,11,14-15H2,1-5H3,(H,26,30). The maximum atomic E-state index is 13.9. The number of hydrogen-bond acceptors (Lipinski definition) is 6. The van der Waals surface area contributed by atoms with Crippen LogP contribution < -0.4 is 14.8 Å². The second-order valence-corrected chi connectivity index (χ2v) is 8.77. The van der Waals surface area contributed by atoms with Crippen LogP contribution in [0.1, 0.15) is 55.1 Å². The third kappa shape index (κ3) is 4.42. The predicted octanol–water partition coefficient (Wildman–Crippen LogP) is 4.04. The van der Waals surface area contributed by atoms with Crippen LogP contribution in [-0.2, 0) is 16.9 Å². The van der Waals surface area contributed by atoms with Crippen LogP contribution in [0.15, 0.2) is 36.4 Å². The number of rotatable bonds is 10. The lowest BCUT2D eigenvalue weighted by atomic mass is 9.81. The van der Waals surface area contributed by atoms with E-state index in [1.54, 1.807) is 37.3 Å². The van der Waals surface area contributed by atoms with E-state index in [9.17, 15) is 19.7 Å². The van der Waals surface area contributed by atoms with Gasteiger partial charge in [-0.3, -0.25) is 19.7 Å². The van der Waals surface area contributed by atoms with E-state index in [-0.39, 0.29) is 35.5 Å². The van der Waals surface area contributed by atoms with E-state index in [0.717, 1.165) is 5.56 Å². The minimum atomic E-state index is -1.25. The second-order valence-electron chi connectivity index (χ2n) is 8.77. The summed E-state index contributed by atoms with van der Waals surface area (Å²) in [5, 5.41) is 14.3. The van der Waals surface area contributed by atoms with E-state index in [1.807, 2.05) is 26.8 Å². The van der Waals surface area contributed by atoms with Crippen molar-refractivity contribution in [3.63, 3.8) is 0 Å². The predicted molar refractivity (Wildman–Crippen MR) is 127 cm³/mol. The number of hydrogen-bond donors (Lipinski definition) is 1. The van der Waals surface area contributed by atoms with Gasteiger partial charge in [-0.2, -0.15) is 0 Å². The summed E-state index contributed by atoms with van der Waals surface area (Å²) in [5.41, 5.74) is 0.109. The fourth-order valence-corrected chi connectivity index (χ4v) is 4.63. The summed E-state index contributed by atoms with van der Waals surface area (Å²) < 4.78 is 10.6. The Hall–Kier alpha value is -3.62. The third-order valence-corrected chi connectivity index (χ3v) is 6.02. The molecule has 1 heterocycles. The van der Waals surface area contributed by atoms with Crippen molar-refractivity contribution in [2.24, 2.45) is 5.92 Å². The molecule has 1 N–H and O–H groups in total. The van der Waals surface area contributed by atoms with Gasteiger partial charge in [0.25, 0.3) is 17.5 Å². The number of fused-ring (bicyclic) bond motifs is 1. The van der Waals surface area contributed by atoms with Crippen LogP contribution in [0.3, 0.4) is 0 Å². The Morgan fingerprint density at radius 3 is 2.44 bits per heavy atom. The van der Waals surface area contributed by atoms with Crippen molar-refractivity contribution in [2.75, 3.05) is 20.8 Å². The first-order valence-electron chi connectivity index (χ1n) is 11.3. The van der Waals surface area contributed by atoms with Crippen LogP contribution >= 0.6 is 0 Å². The van der Waals surface area contributed by atoms with Crippen molar-refractivity contribution in [3.8, 4) is 11.5 Å². The zero-order valence-electron chi connectivity index (χ0n) is 20.2. The number of benzene rings is 2. The van der Waals surface area contributed by atoms with Crippen molar-refractivity contribution in [2.45, 2.75) is 45.7 Å². The molecule has 1 aliphatic heterocycles. The molecule has 0 aromatic heterocycles. The second kappa shape index (κ2) is 10.1. The highest BCUT2D eigenvalue weighted by Crippen LogP contribution is 2.45. The molecule has 9 heteroatoms.